The number of nitrogens with one attached hydrogen (secondary N) is 1. The number of ether oxygens (including phenoxy) is 2. The van der Waals surface area contributed by atoms with Crippen LogP contribution in [0.25, 0.3) is 0 Å². The Morgan fingerprint density at radius 2 is 1.83 bits per heavy atom. The van der Waals surface area contributed by atoms with Crippen LogP contribution >= 0.6 is 11.3 Å². The molecule has 10 heteroatoms. The number of methoxy groups -OCH3 is 1. The van der Waals surface area contributed by atoms with E-state index in [1.54, 1.807) is 49.4 Å². The lowest BCUT2D eigenvalue weighted by molar-refractivity contribution is -0.124. The number of nitrogens with zero attached hydrogens (tertiary/aromatic N) is 2. The molecule has 2 heterocycles. The van der Waals surface area contributed by atoms with E-state index in [1.165, 1.54) is 29.4 Å². The maximum Gasteiger partial charge on any atom is 0.338 e. The van der Waals surface area contributed by atoms with Crippen molar-refractivity contribution < 1.29 is 28.7 Å². The van der Waals surface area contributed by atoms with Crippen LogP contribution in [0.4, 0.5) is 16.2 Å². The first-order valence-electron chi connectivity index (χ1n) is 11.3. The second-order valence-electron chi connectivity index (χ2n) is 7.93. The van der Waals surface area contributed by atoms with E-state index in [9.17, 15) is 19.2 Å². The van der Waals surface area contributed by atoms with Gasteiger partial charge in [-0.3, -0.25) is 9.59 Å². The van der Waals surface area contributed by atoms with Gasteiger partial charge in [-0.2, -0.15) is 0 Å². The molecule has 0 aliphatic carbocycles. The second-order valence-corrected chi connectivity index (χ2v) is 8.96. The molecule has 0 spiro atoms. The zero-order chi connectivity index (χ0) is 25.7. The van der Waals surface area contributed by atoms with E-state index in [-0.39, 0.29) is 19.6 Å². The molecule has 1 aliphatic heterocycles. The molecule has 1 saturated heterocycles. The van der Waals surface area contributed by atoms with Crippen molar-refractivity contribution in [3.63, 3.8) is 0 Å². The Balaban J connectivity index is 1.55. The van der Waals surface area contributed by atoms with Crippen molar-refractivity contribution in [2.24, 2.45) is 0 Å². The van der Waals surface area contributed by atoms with Gasteiger partial charge < -0.3 is 19.7 Å². The highest BCUT2D eigenvalue weighted by Gasteiger charge is 2.46. The molecule has 0 radical (unpaired) electrons. The predicted molar refractivity (Wildman–Crippen MR) is 135 cm³/mol. The minimum absolute atomic E-state index is 0.200. The third-order valence-corrected chi connectivity index (χ3v) is 6.45. The lowest BCUT2D eigenvalue weighted by atomic mass is 10.1. The monoisotopic (exact) mass is 507 g/mol. The standard InChI is InChI=1S/C26H25N3O6S/c1-3-35-25(32)17-6-4-7-18(14-17)27-23(30)15-22-24(31)29(19-9-11-20(34-2)12-10-19)26(33)28(22)16-21-8-5-13-36-21/h4-14,22H,3,15-16H2,1-2H3,(H,27,30). The Labute approximate surface area is 212 Å². The Kier molecular flexibility index (Phi) is 7.65. The number of rotatable bonds is 9. The molecule has 1 N–H and O–H groups in total. The Hall–Kier alpha value is -4.18. The van der Waals surface area contributed by atoms with E-state index in [2.05, 4.69) is 5.32 Å². The average Bonchev–Trinajstić information content (AvgIpc) is 3.47. The molecule has 0 bridgehead atoms. The first-order valence-corrected chi connectivity index (χ1v) is 12.2. The van der Waals surface area contributed by atoms with Gasteiger partial charge >= 0.3 is 12.0 Å². The lowest BCUT2D eigenvalue weighted by Gasteiger charge is -2.21. The molecular formula is C26H25N3O6S. The highest BCUT2D eigenvalue weighted by atomic mass is 32.1. The Morgan fingerprint density at radius 3 is 2.50 bits per heavy atom. The van der Waals surface area contributed by atoms with E-state index in [0.29, 0.717) is 22.7 Å². The van der Waals surface area contributed by atoms with Gasteiger partial charge in [-0.1, -0.05) is 12.1 Å². The summed E-state index contributed by atoms with van der Waals surface area (Å²) >= 11 is 1.46. The van der Waals surface area contributed by atoms with Crippen LogP contribution in [0.1, 0.15) is 28.6 Å². The molecule has 3 aromatic rings. The minimum atomic E-state index is -0.991. The molecule has 4 rings (SSSR count). The number of thiophene rings is 1. The van der Waals surface area contributed by atoms with Gasteiger partial charge in [0.25, 0.3) is 5.91 Å². The molecule has 186 valence electrons. The predicted octanol–water partition coefficient (Wildman–Crippen LogP) is 4.30. The highest BCUT2D eigenvalue weighted by molar-refractivity contribution is 7.09. The van der Waals surface area contributed by atoms with Crippen LogP contribution in [-0.2, 0) is 20.9 Å². The van der Waals surface area contributed by atoms with Crippen molar-refractivity contribution in [3.8, 4) is 5.75 Å². The molecule has 36 heavy (non-hydrogen) atoms. The number of urea groups is 1. The fourth-order valence-corrected chi connectivity index (χ4v) is 4.58. The van der Waals surface area contributed by atoms with E-state index in [0.717, 1.165) is 9.78 Å². The smallest absolute Gasteiger partial charge is 0.338 e. The summed E-state index contributed by atoms with van der Waals surface area (Å²) in [5.74, 6) is -0.858. The van der Waals surface area contributed by atoms with Crippen LogP contribution in [0, 0.1) is 0 Å². The van der Waals surface area contributed by atoms with Gasteiger partial charge in [0.15, 0.2) is 0 Å². The van der Waals surface area contributed by atoms with E-state index < -0.39 is 29.9 Å². The van der Waals surface area contributed by atoms with E-state index in [1.807, 2.05) is 17.5 Å². The number of esters is 1. The number of anilines is 2. The van der Waals surface area contributed by atoms with Crippen molar-refractivity contribution in [1.82, 2.24) is 4.90 Å². The van der Waals surface area contributed by atoms with Crippen LogP contribution in [0.2, 0.25) is 0 Å². The van der Waals surface area contributed by atoms with Crippen LogP contribution in [0.3, 0.4) is 0 Å². The zero-order valence-electron chi connectivity index (χ0n) is 19.8. The van der Waals surface area contributed by atoms with Gasteiger partial charge in [-0.15, -0.1) is 11.3 Å². The number of hydrogen-bond acceptors (Lipinski definition) is 7. The quantitative estimate of drug-likeness (QED) is 0.342. The van der Waals surface area contributed by atoms with Gasteiger partial charge in [0.2, 0.25) is 5.91 Å². The normalized spacial score (nSPS) is 15.2. The molecule has 1 aromatic heterocycles. The van der Waals surface area contributed by atoms with Gasteiger partial charge in [-0.25, -0.2) is 14.5 Å². The maximum absolute atomic E-state index is 13.4. The fraction of sp³-hybridized carbons (Fsp3) is 0.231. The highest BCUT2D eigenvalue weighted by Crippen LogP contribution is 2.30. The summed E-state index contributed by atoms with van der Waals surface area (Å²) in [7, 11) is 1.53. The second kappa shape index (κ2) is 11.0. The number of carbonyl (C=O) groups is 4. The molecule has 9 nitrogen and oxygen atoms in total. The van der Waals surface area contributed by atoms with Gasteiger partial charge in [0, 0.05) is 10.6 Å². The topological polar surface area (TPSA) is 105 Å². The zero-order valence-corrected chi connectivity index (χ0v) is 20.6. The minimum Gasteiger partial charge on any atom is -0.497 e. The van der Waals surface area contributed by atoms with Crippen molar-refractivity contribution >= 4 is 46.5 Å². The average molecular weight is 508 g/mol. The first-order chi connectivity index (χ1) is 17.4. The summed E-state index contributed by atoms with van der Waals surface area (Å²) < 4.78 is 10.2. The fourth-order valence-electron chi connectivity index (χ4n) is 3.88. The summed E-state index contributed by atoms with van der Waals surface area (Å²) in [5, 5.41) is 4.61. The molecule has 2 aromatic carbocycles. The Morgan fingerprint density at radius 1 is 1.06 bits per heavy atom. The third-order valence-electron chi connectivity index (χ3n) is 5.59. The Bertz CT molecular complexity index is 1260. The van der Waals surface area contributed by atoms with E-state index >= 15 is 0 Å². The van der Waals surface area contributed by atoms with Gasteiger partial charge in [-0.05, 0) is 60.8 Å². The molecule has 1 unspecified atom stereocenters. The largest absolute Gasteiger partial charge is 0.497 e. The van der Waals surface area contributed by atoms with Gasteiger partial charge in [0.1, 0.15) is 11.8 Å². The summed E-state index contributed by atoms with van der Waals surface area (Å²) in [6.07, 6.45) is -0.244. The number of benzene rings is 2. The number of amides is 4. The molecule has 1 fully saturated rings. The SMILES string of the molecule is CCOC(=O)c1cccc(NC(=O)CC2C(=O)N(c3ccc(OC)cc3)C(=O)N2Cc2cccs2)c1. The van der Waals surface area contributed by atoms with Crippen LogP contribution in [0.5, 0.6) is 5.75 Å². The lowest BCUT2D eigenvalue weighted by Crippen LogP contribution is -2.37. The van der Waals surface area contributed by atoms with Crippen molar-refractivity contribution in [2.75, 3.05) is 23.9 Å². The first kappa shape index (κ1) is 24.9. The van der Waals surface area contributed by atoms with Crippen LogP contribution < -0.4 is 15.0 Å². The number of hydrogen-bond donors (Lipinski definition) is 1. The van der Waals surface area contributed by atoms with E-state index in [4.69, 9.17) is 9.47 Å². The van der Waals surface area contributed by atoms with Crippen molar-refractivity contribution in [3.05, 3.63) is 76.5 Å². The number of carbonyl (C=O) groups excluding carboxylic acids is 4. The molecule has 0 saturated carbocycles. The summed E-state index contributed by atoms with van der Waals surface area (Å²) in [6, 6.07) is 15.2. The van der Waals surface area contributed by atoms with Crippen molar-refractivity contribution in [1.29, 1.82) is 0 Å². The third kappa shape index (κ3) is 5.38. The summed E-state index contributed by atoms with van der Waals surface area (Å²) in [5.41, 5.74) is 1.08. The number of imide groups is 1. The molecule has 1 atom stereocenters. The van der Waals surface area contributed by atoms with Crippen LogP contribution in [-0.4, -0.2) is 48.5 Å². The molecule has 4 amide bonds. The summed E-state index contributed by atoms with van der Waals surface area (Å²) in [4.78, 5) is 55.1. The summed E-state index contributed by atoms with van der Waals surface area (Å²) in [6.45, 7) is 2.14. The maximum atomic E-state index is 13.4. The van der Waals surface area contributed by atoms with Crippen molar-refractivity contribution in [2.45, 2.75) is 25.9 Å². The molecule has 1 aliphatic rings. The van der Waals surface area contributed by atoms with Gasteiger partial charge in [0.05, 0.1) is 37.9 Å². The molecular weight excluding hydrogens is 482 g/mol. The van der Waals surface area contributed by atoms with Crippen LogP contribution in [0.15, 0.2) is 66.0 Å².